The molecule has 0 saturated carbocycles. The summed E-state index contributed by atoms with van der Waals surface area (Å²) in [6.07, 6.45) is 2.43. The fourth-order valence-electron chi connectivity index (χ4n) is 0.263. The lowest BCUT2D eigenvalue weighted by molar-refractivity contribution is -0.117. The predicted octanol–water partition coefficient (Wildman–Crippen LogP) is 1.36. The van der Waals surface area contributed by atoms with Crippen LogP contribution in [0.25, 0.3) is 0 Å². The molecule has 0 aromatic heterocycles. The van der Waals surface area contributed by atoms with Gasteiger partial charge in [0.2, 0.25) is 0 Å². The highest BCUT2D eigenvalue weighted by molar-refractivity contribution is 5.80. The van der Waals surface area contributed by atoms with E-state index in [-0.39, 0.29) is 5.78 Å². The Balaban J connectivity index is 3.17. The Morgan fingerprint density at radius 3 is 2.43 bits per heavy atom. The molecule has 0 unspecified atom stereocenters. The molecule has 1 radical (unpaired) electrons. The second-order valence-electron chi connectivity index (χ2n) is 1.28. The first-order chi connectivity index (χ1) is 3.31. The minimum Gasteiger partial charge on any atom is -0.299 e. The molecule has 0 fully saturated rings. The summed E-state index contributed by atoms with van der Waals surface area (Å²) in [5.74, 6) is 0.148. The molecule has 0 aliphatic heterocycles. The molecule has 1 heteroatoms. The number of hydrogen-bond donors (Lipinski definition) is 0. The lowest BCUT2D eigenvalue weighted by Gasteiger charge is -1.83. The summed E-state index contributed by atoms with van der Waals surface area (Å²) in [5.41, 5.74) is 0. The number of allylic oxidation sites excluding steroid dienone is 1. The van der Waals surface area contributed by atoms with E-state index in [0.717, 1.165) is 0 Å². The minimum absolute atomic E-state index is 0.148. The summed E-state index contributed by atoms with van der Waals surface area (Å²) in [5, 5.41) is 0. The first-order valence-corrected chi connectivity index (χ1v) is 2.23. The van der Waals surface area contributed by atoms with Crippen LogP contribution >= 0.6 is 0 Å². The van der Waals surface area contributed by atoms with Crippen LogP contribution in [0.4, 0.5) is 0 Å². The zero-order chi connectivity index (χ0) is 5.70. The van der Waals surface area contributed by atoms with Crippen LogP contribution in [-0.2, 0) is 4.79 Å². The minimum atomic E-state index is 0.148. The van der Waals surface area contributed by atoms with Crippen LogP contribution in [0.2, 0.25) is 0 Å². The Kier molecular flexibility index (Phi) is 3.29. The summed E-state index contributed by atoms with van der Waals surface area (Å²) in [4.78, 5) is 10.3. The predicted molar refractivity (Wildman–Crippen MR) is 29.8 cm³/mol. The fourth-order valence-corrected chi connectivity index (χ4v) is 0.263. The van der Waals surface area contributed by atoms with Gasteiger partial charge in [0.25, 0.3) is 0 Å². The van der Waals surface area contributed by atoms with Crippen molar-refractivity contribution < 1.29 is 4.79 Å². The highest BCUT2D eigenvalue weighted by Crippen LogP contribution is 1.85. The van der Waals surface area contributed by atoms with E-state index in [1.165, 1.54) is 0 Å². The van der Waals surface area contributed by atoms with Crippen molar-refractivity contribution in [1.29, 1.82) is 0 Å². The third-order valence-corrected chi connectivity index (χ3v) is 0.651. The third-order valence-electron chi connectivity index (χ3n) is 0.651. The lowest BCUT2D eigenvalue weighted by Crippen LogP contribution is -1.89. The summed E-state index contributed by atoms with van der Waals surface area (Å²) in [6.45, 7) is 6.81. The number of hydrogen-bond acceptors (Lipinski definition) is 1. The van der Waals surface area contributed by atoms with Gasteiger partial charge in [-0.15, -0.1) is 6.58 Å². The van der Waals surface area contributed by atoms with E-state index < -0.39 is 0 Å². The Morgan fingerprint density at radius 2 is 2.29 bits per heavy atom. The van der Waals surface area contributed by atoms with E-state index in [2.05, 4.69) is 13.5 Å². The molecule has 0 amide bonds. The van der Waals surface area contributed by atoms with Gasteiger partial charge in [-0.05, 0) is 6.92 Å². The largest absolute Gasteiger partial charge is 0.299 e. The molecule has 0 aliphatic carbocycles. The van der Waals surface area contributed by atoms with Crippen LogP contribution in [0.3, 0.4) is 0 Å². The highest BCUT2D eigenvalue weighted by Gasteiger charge is 1.89. The molecular weight excluding hydrogens is 88.1 g/mol. The number of Topliss-reactive ketones (excluding diaryl/α,β-unsaturated/α-hetero) is 1. The Labute approximate surface area is 44.0 Å². The van der Waals surface area contributed by atoms with Gasteiger partial charge in [-0.2, -0.15) is 0 Å². The molecule has 0 atom stereocenters. The normalized spacial score (nSPS) is 8.14. The molecule has 0 aromatic carbocycles. The van der Waals surface area contributed by atoms with Crippen molar-refractivity contribution in [3.8, 4) is 0 Å². The maximum Gasteiger partial charge on any atom is 0.136 e. The monoisotopic (exact) mass is 97.1 g/mol. The van der Waals surface area contributed by atoms with Gasteiger partial charge < -0.3 is 0 Å². The third kappa shape index (κ3) is 3.23. The number of carbonyl (C=O) groups excluding carboxylic acids is 1. The topological polar surface area (TPSA) is 17.1 Å². The van der Waals surface area contributed by atoms with Gasteiger partial charge in [0.15, 0.2) is 0 Å². The maximum atomic E-state index is 10.3. The number of carbonyl (C=O) groups is 1. The van der Waals surface area contributed by atoms with Crippen molar-refractivity contribution in [2.45, 2.75) is 12.8 Å². The van der Waals surface area contributed by atoms with Crippen molar-refractivity contribution in [2.75, 3.05) is 0 Å². The van der Waals surface area contributed by atoms with Gasteiger partial charge in [-0.1, -0.05) is 6.08 Å². The maximum absolute atomic E-state index is 10.3. The first kappa shape index (κ1) is 6.41. The first-order valence-electron chi connectivity index (χ1n) is 2.23. The number of rotatable bonds is 3. The lowest BCUT2D eigenvalue weighted by atomic mass is 10.2. The molecule has 0 bridgehead atoms. The Morgan fingerprint density at radius 1 is 1.71 bits per heavy atom. The van der Waals surface area contributed by atoms with E-state index in [0.29, 0.717) is 12.8 Å². The van der Waals surface area contributed by atoms with Gasteiger partial charge in [-0.3, -0.25) is 4.79 Å². The van der Waals surface area contributed by atoms with Crippen molar-refractivity contribution >= 4 is 5.78 Å². The van der Waals surface area contributed by atoms with E-state index in [1.54, 1.807) is 6.08 Å². The van der Waals surface area contributed by atoms with E-state index in [1.807, 2.05) is 0 Å². The van der Waals surface area contributed by atoms with Crippen molar-refractivity contribution in [3.63, 3.8) is 0 Å². The molecule has 0 spiro atoms. The zero-order valence-electron chi connectivity index (χ0n) is 4.31. The van der Waals surface area contributed by atoms with Crippen molar-refractivity contribution in [2.24, 2.45) is 0 Å². The van der Waals surface area contributed by atoms with E-state index in [9.17, 15) is 4.79 Å². The van der Waals surface area contributed by atoms with E-state index >= 15 is 0 Å². The summed E-state index contributed by atoms with van der Waals surface area (Å²) >= 11 is 0. The van der Waals surface area contributed by atoms with Crippen molar-refractivity contribution in [3.05, 3.63) is 19.6 Å². The molecule has 39 valence electrons. The molecule has 0 heterocycles. The molecule has 7 heavy (non-hydrogen) atoms. The summed E-state index contributed by atoms with van der Waals surface area (Å²) < 4.78 is 0. The van der Waals surface area contributed by atoms with Crippen LogP contribution in [0, 0.1) is 6.92 Å². The van der Waals surface area contributed by atoms with Crippen LogP contribution in [0.1, 0.15) is 12.8 Å². The van der Waals surface area contributed by atoms with Crippen molar-refractivity contribution in [1.82, 2.24) is 0 Å². The molecule has 0 aromatic rings. The van der Waals surface area contributed by atoms with Gasteiger partial charge in [0.05, 0.1) is 0 Å². The molecule has 0 N–H and O–H groups in total. The van der Waals surface area contributed by atoms with Gasteiger partial charge in [0, 0.05) is 12.8 Å². The fraction of sp³-hybridized carbons (Fsp3) is 0.333. The molecule has 0 saturated heterocycles. The summed E-state index contributed by atoms with van der Waals surface area (Å²) in [6, 6.07) is 0. The Hall–Kier alpha value is -0.590. The second kappa shape index (κ2) is 3.59. The second-order valence-corrected chi connectivity index (χ2v) is 1.28. The van der Waals surface area contributed by atoms with Gasteiger partial charge in [0.1, 0.15) is 5.78 Å². The van der Waals surface area contributed by atoms with Gasteiger partial charge in [-0.25, -0.2) is 0 Å². The molecule has 0 rings (SSSR count). The molecular formula is C6H9O. The molecule has 0 aliphatic rings. The average molecular weight is 97.1 g/mol. The van der Waals surface area contributed by atoms with Crippen LogP contribution < -0.4 is 0 Å². The van der Waals surface area contributed by atoms with Crippen LogP contribution in [0.5, 0.6) is 0 Å². The number of ketones is 1. The Bertz CT molecular complexity index is 74.2. The van der Waals surface area contributed by atoms with Gasteiger partial charge >= 0.3 is 0 Å². The van der Waals surface area contributed by atoms with Crippen LogP contribution in [0.15, 0.2) is 12.7 Å². The zero-order valence-corrected chi connectivity index (χ0v) is 4.31. The highest BCUT2D eigenvalue weighted by atomic mass is 16.1. The SMILES string of the molecule is [CH2]CC(=O)CC=C. The molecule has 1 nitrogen and oxygen atoms in total. The van der Waals surface area contributed by atoms with Crippen LogP contribution in [-0.4, -0.2) is 5.78 Å². The summed E-state index contributed by atoms with van der Waals surface area (Å²) in [7, 11) is 0. The standard InChI is InChI=1S/C6H9O/c1-3-5-6(7)4-2/h3H,1-2,4-5H2. The smallest absolute Gasteiger partial charge is 0.136 e. The quantitative estimate of drug-likeness (QED) is 0.486. The average Bonchev–Trinajstić information content (AvgIpc) is 1.68. The van der Waals surface area contributed by atoms with E-state index in [4.69, 9.17) is 0 Å².